The number of aliphatic hydroxyl groups is 1. The molecule has 1 atom stereocenters. The second-order valence-electron chi connectivity index (χ2n) is 4.45. The summed E-state index contributed by atoms with van der Waals surface area (Å²) in [6.45, 7) is 1.84. The highest BCUT2D eigenvalue weighted by Crippen LogP contribution is 2.35. The summed E-state index contributed by atoms with van der Waals surface area (Å²) in [7, 11) is 0. The number of aryl methyl sites for hydroxylation is 1. The Kier molecular flexibility index (Phi) is 2.72. The number of nitrogen functional groups attached to an aromatic ring is 1. The minimum Gasteiger partial charge on any atom is -0.461 e. The summed E-state index contributed by atoms with van der Waals surface area (Å²) in [5.41, 5.74) is 7.92. The van der Waals surface area contributed by atoms with E-state index in [1.807, 2.05) is 31.2 Å². The maximum absolute atomic E-state index is 10.6. The van der Waals surface area contributed by atoms with E-state index in [1.54, 1.807) is 18.3 Å². The molecule has 0 aliphatic heterocycles. The number of nitrogens with two attached hydrogens (primary N) is 1. The van der Waals surface area contributed by atoms with Gasteiger partial charge in [0.25, 0.3) is 0 Å². The van der Waals surface area contributed by atoms with Crippen LogP contribution < -0.4 is 5.73 Å². The number of pyridine rings is 1. The van der Waals surface area contributed by atoms with Gasteiger partial charge in [-0.3, -0.25) is 0 Å². The molecule has 2 heterocycles. The number of rotatable bonds is 2. The van der Waals surface area contributed by atoms with Crippen LogP contribution in [0.1, 0.15) is 23.0 Å². The van der Waals surface area contributed by atoms with Crippen LogP contribution in [-0.4, -0.2) is 10.1 Å². The first-order valence-electron chi connectivity index (χ1n) is 6.05. The summed E-state index contributed by atoms with van der Waals surface area (Å²) >= 11 is 0. The molecule has 4 nitrogen and oxygen atoms in total. The van der Waals surface area contributed by atoms with Crippen LogP contribution in [-0.2, 0) is 0 Å². The van der Waals surface area contributed by atoms with Crippen molar-refractivity contribution in [2.24, 2.45) is 0 Å². The van der Waals surface area contributed by atoms with Crippen LogP contribution in [0.3, 0.4) is 0 Å². The van der Waals surface area contributed by atoms with Crippen LogP contribution in [0.25, 0.3) is 11.0 Å². The highest BCUT2D eigenvalue weighted by Gasteiger charge is 2.21. The van der Waals surface area contributed by atoms with Crippen molar-refractivity contribution in [3.63, 3.8) is 0 Å². The monoisotopic (exact) mass is 254 g/mol. The van der Waals surface area contributed by atoms with Crippen LogP contribution in [0.4, 0.5) is 5.82 Å². The number of furan rings is 1. The second kappa shape index (κ2) is 4.40. The van der Waals surface area contributed by atoms with E-state index in [-0.39, 0.29) is 0 Å². The third-order valence-electron chi connectivity index (χ3n) is 3.26. The molecule has 2 aromatic heterocycles. The minimum atomic E-state index is -0.836. The van der Waals surface area contributed by atoms with E-state index in [2.05, 4.69) is 4.98 Å². The maximum atomic E-state index is 10.6. The number of aliphatic hydroxyl groups excluding tert-OH is 1. The van der Waals surface area contributed by atoms with Gasteiger partial charge in [0, 0.05) is 22.7 Å². The topological polar surface area (TPSA) is 72.3 Å². The molecule has 0 radical (unpaired) electrons. The largest absolute Gasteiger partial charge is 0.461 e. The molecular formula is C15H14N2O2. The zero-order valence-electron chi connectivity index (χ0n) is 10.5. The number of hydrogen-bond donors (Lipinski definition) is 2. The van der Waals surface area contributed by atoms with Gasteiger partial charge >= 0.3 is 0 Å². The maximum Gasteiger partial charge on any atom is 0.134 e. The summed E-state index contributed by atoms with van der Waals surface area (Å²) in [4.78, 5) is 4.01. The molecule has 0 saturated heterocycles. The minimum absolute atomic E-state index is 0.333. The highest BCUT2D eigenvalue weighted by molar-refractivity contribution is 5.83. The van der Waals surface area contributed by atoms with Gasteiger partial charge in [0.1, 0.15) is 23.3 Å². The van der Waals surface area contributed by atoms with Crippen LogP contribution in [0.5, 0.6) is 0 Å². The molecule has 3 rings (SSSR count). The number of hydrogen-bond acceptors (Lipinski definition) is 4. The van der Waals surface area contributed by atoms with Crippen molar-refractivity contribution in [2.75, 3.05) is 5.73 Å². The molecule has 0 aliphatic rings. The molecule has 19 heavy (non-hydrogen) atoms. The Bertz CT molecular complexity index is 734. The predicted molar refractivity (Wildman–Crippen MR) is 73.7 cm³/mol. The Morgan fingerprint density at radius 1 is 1.21 bits per heavy atom. The third kappa shape index (κ3) is 1.86. The quantitative estimate of drug-likeness (QED) is 0.737. The number of nitrogens with zero attached hydrogens (tertiary/aromatic N) is 1. The molecule has 0 fully saturated rings. The number of benzene rings is 1. The van der Waals surface area contributed by atoms with E-state index in [9.17, 15) is 5.11 Å². The van der Waals surface area contributed by atoms with E-state index in [0.717, 1.165) is 16.5 Å². The van der Waals surface area contributed by atoms with Gasteiger partial charge in [0.15, 0.2) is 0 Å². The number of para-hydroxylation sites is 1. The average Bonchev–Trinajstić information content (AvgIpc) is 2.74. The van der Waals surface area contributed by atoms with Gasteiger partial charge in [-0.1, -0.05) is 24.3 Å². The van der Waals surface area contributed by atoms with E-state index < -0.39 is 6.10 Å². The lowest BCUT2D eigenvalue weighted by molar-refractivity contribution is 0.219. The van der Waals surface area contributed by atoms with Crippen LogP contribution in [0.2, 0.25) is 0 Å². The molecule has 1 unspecified atom stereocenters. The normalized spacial score (nSPS) is 12.7. The Morgan fingerprint density at radius 3 is 2.79 bits per heavy atom. The van der Waals surface area contributed by atoms with Crippen molar-refractivity contribution >= 4 is 16.8 Å². The first-order valence-corrected chi connectivity index (χ1v) is 6.05. The molecule has 3 N–H and O–H groups in total. The lowest BCUT2D eigenvalue weighted by atomic mass is 9.99. The Balaban J connectivity index is 2.19. The van der Waals surface area contributed by atoms with Crippen LogP contribution >= 0.6 is 0 Å². The third-order valence-corrected chi connectivity index (χ3v) is 3.26. The SMILES string of the molecule is Cc1oc2ccccc2c1C(O)c1cccnc1N. The summed E-state index contributed by atoms with van der Waals surface area (Å²) in [5.74, 6) is 1.02. The summed E-state index contributed by atoms with van der Waals surface area (Å²) in [6.07, 6.45) is 0.767. The van der Waals surface area contributed by atoms with Gasteiger partial charge in [-0.05, 0) is 19.1 Å². The molecule has 0 spiro atoms. The molecule has 4 heteroatoms. The van der Waals surface area contributed by atoms with Gasteiger partial charge < -0.3 is 15.3 Å². The van der Waals surface area contributed by atoms with Gasteiger partial charge in [-0.15, -0.1) is 0 Å². The molecule has 0 saturated carbocycles. The average molecular weight is 254 g/mol. The molecule has 96 valence electrons. The van der Waals surface area contributed by atoms with Crippen molar-refractivity contribution < 1.29 is 9.52 Å². The Labute approximate surface area is 110 Å². The second-order valence-corrected chi connectivity index (χ2v) is 4.45. The fourth-order valence-corrected chi connectivity index (χ4v) is 2.34. The lowest BCUT2D eigenvalue weighted by Gasteiger charge is -2.12. The molecule has 0 aliphatic carbocycles. The van der Waals surface area contributed by atoms with Crippen molar-refractivity contribution in [3.05, 3.63) is 59.5 Å². The van der Waals surface area contributed by atoms with Crippen molar-refractivity contribution in [1.29, 1.82) is 0 Å². The summed E-state index contributed by atoms with van der Waals surface area (Å²) < 4.78 is 5.66. The first kappa shape index (κ1) is 11.7. The fourth-order valence-electron chi connectivity index (χ4n) is 2.34. The smallest absolute Gasteiger partial charge is 0.134 e. The van der Waals surface area contributed by atoms with Gasteiger partial charge in [-0.25, -0.2) is 4.98 Å². The van der Waals surface area contributed by atoms with E-state index in [0.29, 0.717) is 17.1 Å². The Morgan fingerprint density at radius 2 is 2.00 bits per heavy atom. The molecule has 3 aromatic rings. The lowest BCUT2D eigenvalue weighted by Crippen LogP contribution is -2.05. The van der Waals surface area contributed by atoms with Crippen molar-refractivity contribution in [1.82, 2.24) is 4.98 Å². The first-order chi connectivity index (χ1) is 9.18. The van der Waals surface area contributed by atoms with Crippen LogP contribution in [0, 0.1) is 6.92 Å². The van der Waals surface area contributed by atoms with Gasteiger partial charge in [0.05, 0.1) is 0 Å². The number of fused-ring (bicyclic) bond motifs is 1. The highest BCUT2D eigenvalue weighted by atomic mass is 16.3. The van der Waals surface area contributed by atoms with Crippen molar-refractivity contribution in [2.45, 2.75) is 13.0 Å². The van der Waals surface area contributed by atoms with Crippen LogP contribution in [0.15, 0.2) is 47.0 Å². The molecular weight excluding hydrogens is 240 g/mol. The molecule has 0 amide bonds. The zero-order chi connectivity index (χ0) is 13.4. The molecule has 1 aromatic carbocycles. The Hall–Kier alpha value is -2.33. The van der Waals surface area contributed by atoms with Gasteiger partial charge in [0.2, 0.25) is 0 Å². The summed E-state index contributed by atoms with van der Waals surface area (Å²) in [5, 5.41) is 11.5. The zero-order valence-corrected chi connectivity index (χ0v) is 10.5. The predicted octanol–water partition coefficient (Wildman–Crippen LogP) is 2.80. The standard InChI is InChI=1S/C15H14N2O2/c1-9-13(10-5-2-3-7-12(10)19-9)14(18)11-6-4-8-17-15(11)16/h2-8,14,18H,1H3,(H2,16,17). The number of aromatic nitrogens is 1. The fraction of sp³-hybridized carbons (Fsp3) is 0.133. The van der Waals surface area contributed by atoms with E-state index in [4.69, 9.17) is 10.2 Å². The molecule has 0 bridgehead atoms. The van der Waals surface area contributed by atoms with E-state index >= 15 is 0 Å². The van der Waals surface area contributed by atoms with E-state index in [1.165, 1.54) is 0 Å². The number of anilines is 1. The van der Waals surface area contributed by atoms with Crippen molar-refractivity contribution in [3.8, 4) is 0 Å². The van der Waals surface area contributed by atoms with Gasteiger partial charge in [-0.2, -0.15) is 0 Å². The summed E-state index contributed by atoms with van der Waals surface area (Å²) in [6, 6.07) is 11.2.